The van der Waals surface area contributed by atoms with Crippen molar-refractivity contribution in [3.63, 3.8) is 0 Å². The summed E-state index contributed by atoms with van der Waals surface area (Å²) >= 11 is 1.32. The summed E-state index contributed by atoms with van der Waals surface area (Å²) in [7, 11) is 0. The number of aromatic hydroxyl groups is 1. The quantitative estimate of drug-likeness (QED) is 0.328. The molecule has 0 aliphatic heterocycles. The fraction of sp³-hybridized carbons (Fsp3) is 0.304. The molecule has 1 amide bonds. The predicted octanol–water partition coefficient (Wildman–Crippen LogP) is 4.21. The Morgan fingerprint density at radius 2 is 1.81 bits per heavy atom. The van der Waals surface area contributed by atoms with E-state index in [1.54, 1.807) is 24.3 Å². The van der Waals surface area contributed by atoms with Gasteiger partial charge in [0.2, 0.25) is 0 Å². The van der Waals surface area contributed by atoms with E-state index in [0.29, 0.717) is 11.7 Å². The molecule has 2 aromatic carbocycles. The molecule has 0 saturated carbocycles. The SMILES string of the molecule is CCn1c(SCC(=O)NN=Cc2ccc(O)cc2)nnc1-c1ccc(C(C)(C)C)cc1. The van der Waals surface area contributed by atoms with Gasteiger partial charge in [-0.3, -0.25) is 4.79 Å². The van der Waals surface area contributed by atoms with E-state index in [1.165, 1.54) is 23.5 Å². The highest BCUT2D eigenvalue weighted by Gasteiger charge is 2.17. The summed E-state index contributed by atoms with van der Waals surface area (Å²) in [6.07, 6.45) is 1.52. The first-order valence-electron chi connectivity index (χ1n) is 10.1. The van der Waals surface area contributed by atoms with E-state index < -0.39 is 0 Å². The highest BCUT2D eigenvalue weighted by Crippen LogP contribution is 2.27. The van der Waals surface area contributed by atoms with Crippen LogP contribution in [-0.2, 0) is 16.8 Å². The van der Waals surface area contributed by atoms with Gasteiger partial charge in [-0.25, -0.2) is 5.43 Å². The number of phenols is 1. The van der Waals surface area contributed by atoms with Crippen LogP contribution < -0.4 is 5.43 Å². The molecular formula is C23H27N5O2S. The van der Waals surface area contributed by atoms with Crippen molar-refractivity contribution in [3.05, 3.63) is 59.7 Å². The third-order valence-corrected chi connectivity index (χ3v) is 5.64. The summed E-state index contributed by atoms with van der Waals surface area (Å²) in [5.74, 6) is 0.911. The van der Waals surface area contributed by atoms with Crippen molar-refractivity contribution in [2.75, 3.05) is 5.75 Å². The van der Waals surface area contributed by atoms with Gasteiger partial charge in [-0.05, 0) is 47.7 Å². The first-order chi connectivity index (χ1) is 14.8. The number of carbonyl (C=O) groups is 1. The average molecular weight is 438 g/mol. The number of hydrazone groups is 1. The largest absolute Gasteiger partial charge is 0.508 e. The van der Waals surface area contributed by atoms with E-state index in [9.17, 15) is 9.90 Å². The van der Waals surface area contributed by atoms with Crippen molar-refractivity contribution >= 4 is 23.9 Å². The van der Waals surface area contributed by atoms with Gasteiger partial charge in [0.25, 0.3) is 5.91 Å². The van der Waals surface area contributed by atoms with Crippen LogP contribution in [0.1, 0.15) is 38.8 Å². The van der Waals surface area contributed by atoms with E-state index in [1.807, 2.05) is 11.5 Å². The second kappa shape index (κ2) is 9.78. The molecule has 3 aromatic rings. The van der Waals surface area contributed by atoms with Crippen LogP contribution in [0.5, 0.6) is 5.75 Å². The normalized spacial score (nSPS) is 11.7. The molecule has 162 valence electrons. The number of phenolic OH excluding ortho intramolecular Hbond substituents is 1. The Hall–Kier alpha value is -3.13. The summed E-state index contributed by atoms with van der Waals surface area (Å²) in [5.41, 5.74) is 5.63. The first-order valence-corrected chi connectivity index (χ1v) is 11.0. The Morgan fingerprint density at radius 3 is 2.42 bits per heavy atom. The first kappa shape index (κ1) is 22.6. The van der Waals surface area contributed by atoms with Gasteiger partial charge in [0.15, 0.2) is 11.0 Å². The van der Waals surface area contributed by atoms with Gasteiger partial charge in [-0.15, -0.1) is 10.2 Å². The van der Waals surface area contributed by atoms with Crippen LogP contribution in [0.15, 0.2) is 58.8 Å². The number of nitrogens with zero attached hydrogens (tertiary/aromatic N) is 4. The van der Waals surface area contributed by atoms with E-state index in [4.69, 9.17) is 0 Å². The number of rotatable bonds is 7. The minimum Gasteiger partial charge on any atom is -0.508 e. The third kappa shape index (κ3) is 5.95. The fourth-order valence-electron chi connectivity index (χ4n) is 2.91. The van der Waals surface area contributed by atoms with Gasteiger partial charge >= 0.3 is 0 Å². The average Bonchev–Trinajstić information content (AvgIpc) is 3.16. The number of carbonyl (C=O) groups excluding carboxylic acids is 1. The lowest BCUT2D eigenvalue weighted by Gasteiger charge is -2.19. The maximum absolute atomic E-state index is 12.1. The molecule has 1 heterocycles. The molecule has 3 rings (SSSR count). The Bertz CT molecular complexity index is 1050. The summed E-state index contributed by atoms with van der Waals surface area (Å²) in [4.78, 5) is 12.1. The third-order valence-electron chi connectivity index (χ3n) is 4.67. The molecular weight excluding hydrogens is 410 g/mol. The van der Waals surface area contributed by atoms with Crippen molar-refractivity contribution < 1.29 is 9.90 Å². The van der Waals surface area contributed by atoms with Crippen LogP contribution in [-0.4, -0.2) is 37.7 Å². The molecule has 7 nitrogen and oxygen atoms in total. The number of benzene rings is 2. The number of nitrogens with one attached hydrogen (secondary N) is 1. The smallest absolute Gasteiger partial charge is 0.250 e. The molecule has 0 atom stereocenters. The molecule has 0 fully saturated rings. The minimum absolute atomic E-state index is 0.0934. The Labute approximate surface area is 186 Å². The topological polar surface area (TPSA) is 92.4 Å². The molecule has 0 aliphatic rings. The maximum atomic E-state index is 12.1. The molecule has 1 aromatic heterocycles. The van der Waals surface area contributed by atoms with Gasteiger partial charge in [0.1, 0.15) is 5.75 Å². The number of hydrogen-bond acceptors (Lipinski definition) is 6. The number of aromatic nitrogens is 3. The molecule has 8 heteroatoms. The fourth-order valence-corrected chi connectivity index (χ4v) is 3.71. The number of hydrogen-bond donors (Lipinski definition) is 2. The van der Waals surface area contributed by atoms with Crippen molar-refractivity contribution in [2.45, 2.75) is 44.8 Å². The highest BCUT2D eigenvalue weighted by molar-refractivity contribution is 7.99. The molecule has 0 saturated heterocycles. The van der Waals surface area contributed by atoms with Gasteiger partial charge in [0.05, 0.1) is 12.0 Å². The monoisotopic (exact) mass is 437 g/mol. The Morgan fingerprint density at radius 1 is 1.13 bits per heavy atom. The summed E-state index contributed by atoms with van der Waals surface area (Å²) in [6, 6.07) is 14.9. The molecule has 2 N–H and O–H groups in total. The summed E-state index contributed by atoms with van der Waals surface area (Å²) in [5, 5.41) is 22.5. The number of thioether (sulfide) groups is 1. The van der Waals surface area contributed by atoms with Gasteiger partial charge in [-0.1, -0.05) is 56.8 Å². The molecule has 0 radical (unpaired) electrons. The van der Waals surface area contributed by atoms with Crippen molar-refractivity contribution in [3.8, 4) is 17.1 Å². The van der Waals surface area contributed by atoms with Gasteiger partial charge < -0.3 is 9.67 Å². The Balaban J connectivity index is 1.61. The predicted molar refractivity (Wildman–Crippen MR) is 124 cm³/mol. The zero-order valence-corrected chi connectivity index (χ0v) is 19.0. The van der Waals surface area contributed by atoms with Crippen LogP contribution in [0.25, 0.3) is 11.4 Å². The lowest BCUT2D eigenvalue weighted by molar-refractivity contribution is -0.118. The standard InChI is InChI=1S/C23H27N5O2S/c1-5-28-21(17-8-10-18(11-9-17)23(2,3)4)26-27-22(28)31-15-20(30)25-24-14-16-6-12-19(29)13-7-16/h6-14,29H,5,15H2,1-4H3,(H,25,30). The zero-order valence-electron chi connectivity index (χ0n) is 18.2. The van der Waals surface area contributed by atoms with E-state index in [2.05, 4.69) is 65.8 Å². The van der Waals surface area contributed by atoms with Crippen LogP contribution in [0.4, 0.5) is 0 Å². The highest BCUT2D eigenvalue weighted by atomic mass is 32.2. The number of amides is 1. The van der Waals surface area contributed by atoms with Crippen LogP contribution >= 0.6 is 11.8 Å². The van der Waals surface area contributed by atoms with Crippen LogP contribution in [0.3, 0.4) is 0 Å². The van der Waals surface area contributed by atoms with Crippen LogP contribution in [0, 0.1) is 0 Å². The molecule has 0 spiro atoms. The molecule has 31 heavy (non-hydrogen) atoms. The molecule has 0 unspecified atom stereocenters. The van der Waals surface area contributed by atoms with E-state index in [0.717, 1.165) is 17.0 Å². The van der Waals surface area contributed by atoms with E-state index in [-0.39, 0.29) is 22.8 Å². The lowest BCUT2D eigenvalue weighted by atomic mass is 9.87. The van der Waals surface area contributed by atoms with Crippen molar-refractivity contribution in [1.29, 1.82) is 0 Å². The van der Waals surface area contributed by atoms with Crippen LogP contribution in [0.2, 0.25) is 0 Å². The van der Waals surface area contributed by atoms with Gasteiger partial charge in [0, 0.05) is 12.1 Å². The van der Waals surface area contributed by atoms with Crippen molar-refractivity contribution in [1.82, 2.24) is 20.2 Å². The Kier molecular flexibility index (Phi) is 7.12. The lowest BCUT2D eigenvalue weighted by Crippen LogP contribution is -2.20. The molecule has 0 bridgehead atoms. The zero-order chi connectivity index (χ0) is 22.4. The summed E-state index contributed by atoms with van der Waals surface area (Å²) < 4.78 is 2.00. The van der Waals surface area contributed by atoms with Gasteiger partial charge in [-0.2, -0.15) is 5.10 Å². The molecule has 0 aliphatic carbocycles. The van der Waals surface area contributed by atoms with E-state index >= 15 is 0 Å². The maximum Gasteiger partial charge on any atom is 0.250 e. The summed E-state index contributed by atoms with van der Waals surface area (Å²) in [6.45, 7) is 9.29. The minimum atomic E-state index is -0.234. The second-order valence-corrected chi connectivity index (χ2v) is 8.99. The second-order valence-electron chi connectivity index (χ2n) is 8.05. The van der Waals surface area contributed by atoms with Crippen molar-refractivity contribution in [2.24, 2.45) is 5.10 Å².